The summed E-state index contributed by atoms with van der Waals surface area (Å²) in [5.41, 5.74) is -0.771. The van der Waals surface area contributed by atoms with Crippen molar-refractivity contribution in [3.8, 4) is 0 Å². The first-order chi connectivity index (χ1) is 10.8. The molecule has 6 heteroatoms. The van der Waals surface area contributed by atoms with Gasteiger partial charge in [0.05, 0.1) is 0 Å². The second kappa shape index (κ2) is 6.89. The summed E-state index contributed by atoms with van der Waals surface area (Å²) in [6.07, 6.45) is 4.37. The number of carbonyl (C=O) groups is 3. The molecule has 2 fully saturated rings. The van der Waals surface area contributed by atoms with Crippen molar-refractivity contribution < 1.29 is 14.4 Å². The van der Waals surface area contributed by atoms with E-state index in [0.29, 0.717) is 24.7 Å². The average molecular weight is 323 g/mol. The molecule has 0 radical (unpaired) electrons. The molecule has 4 amide bonds. The first-order valence-electron chi connectivity index (χ1n) is 8.72. The van der Waals surface area contributed by atoms with Crippen molar-refractivity contribution in [3.05, 3.63) is 0 Å². The molecular formula is C17H29N3O3. The predicted molar refractivity (Wildman–Crippen MR) is 87.7 cm³/mol. The van der Waals surface area contributed by atoms with E-state index >= 15 is 0 Å². The molecule has 1 saturated carbocycles. The van der Waals surface area contributed by atoms with Gasteiger partial charge >= 0.3 is 6.03 Å². The minimum atomic E-state index is -0.771. The van der Waals surface area contributed by atoms with E-state index < -0.39 is 11.6 Å². The van der Waals surface area contributed by atoms with Crippen LogP contribution in [0.2, 0.25) is 0 Å². The van der Waals surface area contributed by atoms with Crippen LogP contribution in [0.5, 0.6) is 0 Å². The SMILES string of the molecule is CCC1CCC2(CC1)NC(=O)N(CC(=O)NC(C)C(C)C)C2=O. The van der Waals surface area contributed by atoms with Crippen LogP contribution in [-0.4, -0.2) is 40.9 Å². The van der Waals surface area contributed by atoms with Gasteiger partial charge in [-0.05, 0) is 44.4 Å². The quantitative estimate of drug-likeness (QED) is 0.760. The topological polar surface area (TPSA) is 78.5 Å². The summed E-state index contributed by atoms with van der Waals surface area (Å²) in [5, 5.41) is 5.69. The highest BCUT2D eigenvalue weighted by Crippen LogP contribution is 2.37. The smallest absolute Gasteiger partial charge is 0.325 e. The summed E-state index contributed by atoms with van der Waals surface area (Å²) in [5.74, 6) is 0.422. The lowest BCUT2D eigenvalue weighted by molar-refractivity contribution is -0.136. The van der Waals surface area contributed by atoms with E-state index in [-0.39, 0.29) is 24.4 Å². The van der Waals surface area contributed by atoms with E-state index in [2.05, 4.69) is 17.6 Å². The maximum atomic E-state index is 12.7. The molecule has 0 aromatic heterocycles. The number of urea groups is 1. The van der Waals surface area contributed by atoms with E-state index in [1.54, 1.807) is 0 Å². The number of hydrogen-bond acceptors (Lipinski definition) is 3. The van der Waals surface area contributed by atoms with Crippen molar-refractivity contribution >= 4 is 17.8 Å². The van der Waals surface area contributed by atoms with Crippen LogP contribution in [0, 0.1) is 11.8 Å². The van der Waals surface area contributed by atoms with Crippen molar-refractivity contribution in [2.24, 2.45) is 11.8 Å². The molecule has 1 spiro atoms. The minimum Gasteiger partial charge on any atom is -0.352 e. The molecule has 1 unspecified atom stereocenters. The second-order valence-electron chi connectivity index (χ2n) is 7.36. The van der Waals surface area contributed by atoms with Crippen LogP contribution in [0.25, 0.3) is 0 Å². The molecule has 130 valence electrons. The number of rotatable bonds is 5. The lowest BCUT2D eigenvalue weighted by Crippen LogP contribution is -2.50. The van der Waals surface area contributed by atoms with Crippen LogP contribution in [-0.2, 0) is 9.59 Å². The predicted octanol–water partition coefficient (Wildman–Crippen LogP) is 2.04. The zero-order valence-corrected chi connectivity index (χ0v) is 14.6. The first-order valence-corrected chi connectivity index (χ1v) is 8.72. The third kappa shape index (κ3) is 3.67. The molecule has 1 saturated heterocycles. The molecule has 1 aliphatic carbocycles. The molecular weight excluding hydrogens is 294 g/mol. The van der Waals surface area contributed by atoms with Gasteiger partial charge in [0, 0.05) is 6.04 Å². The standard InChI is InChI=1S/C17H29N3O3/c1-5-13-6-8-17(9-7-13)15(22)20(16(23)19-17)10-14(21)18-12(4)11(2)3/h11-13H,5-10H2,1-4H3,(H,18,21)(H,19,23). The lowest BCUT2D eigenvalue weighted by atomic mass is 9.75. The van der Waals surface area contributed by atoms with Gasteiger partial charge in [-0.1, -0.05) is 27.2 Å². The molecule has 6 nitrogen and oxygen atoms in total. The summed E-state index contributed by atoms with van der Waals surface area (Å²) in [7, 11) is 0. The summed E-state index contributed by atoms with van der Waals surface area (Å²) < 4.78 is 0. The van der Waals surface area contributed by atoms with Gasteiger partial charge in [-0.2, -0.15) is 0 Å². The molecule has 23 heavy (non-hydrogen) atoms. The van der Waals surface area contributed by atoms with E-state index in [1.165, 1.54) is 0 Å². The van der Waals surface area contributed by atoms with Gasteiger partial charge in [0.15, 0.2) is 0 Å². The molecule has 1 heterocycles. The zero-order chi connectivity index (χ0) is 17.2. The van der Waals surface area contributed by atoms with Gasteiger partial charge in [0.2, 0.25) is 5.91 Å². The highest BCUT2D eigenvalue weighted by atomic mass is 16.2. The Kier molecular flexibility index (Phi) is 5.32. The molecule has 0 aromatic carbocycles. The van der Waals surface area contributed by atoms with E-state index in [4.69, 9.17) is 0 Å². The van der Waals surface area contributed by atoms with Gasteiger partial charge in [0.25, 0.3) is 5.91 Å². The average Bonchev–Trinajstić information content (AvgIpc) is 2.72. The third-order valence-corrected chi connectivity index (χ3v) is 5.47. The molecule has 2 N–H and O–H groups in total. The maximum absolute atomic E-state index is 12.7. The van der Waals surface area contributed by atoms with E-state index in [9.17, 15) is 14.4 Å². The van der Waals surface area contributed by atoms with Gasteiger partial charge in [-0.25, -0.2) is 4.79 Å². The fourth-order valence-electron chi connectivity index (χ4n) is 3.35. The van der Waals surface area contributed by atoms with Crippen LogP contribution in [0.3, 0.4) is 0 Å². The van der Waals surface area contributed by atoms with Gasteiger partial charge in [-0.3, -0.25) is 14.5 Å². The summed E-state index contributed by atoms with van der Waals surface area (Å²) >= 11 is 0. The molecule has 2 rings (SSSR count). The van der Waals surface area contributed by atoms with Gasteiger partial charge in [0.1, 0.15) is 12.1 Å². The van der Waals surface area contributed by atoms with Crippen molar-refractivity contribution in [1.82, 2.24) is 15.5 Å². The Morgan fingerprint density at radius 2 is 1.91 bits per heavy atom. The molecule has 1 aliphatic heterocycles. The number of carbonyl (C=O) groups excluding carboxylic acids is 3. The second-order valence-corrected chi connectivity index (χ2v) is 7.36. The molecule has 1 atom stereocenters. The number of nitrogens with one attached hydrogen (secondary N) is 2. The summed E-state index contributed by atoms with van der Waals surface area (Å²) in [6.45, 7) is 7.91. The van der Waals surface area contributed by atoms with Gasteiger partial charge < -0.3 is 10.6 Å². The Balaban J connectivity index is 1.98. The number of hydrogen-bond donors (Lipinski definition) is 2. The Bertz CT molecular complexity index is 481. The minimum absolute atomic E-state index is 0.0113. The van der Waals surface area contributed by atoms with Crippen LogP contribution < -0.4 is 10.6 Å². The Labute approximate surface area is 138 Å². The fraction of sp³-hybridized carbons (Fsp3) is 0.824. The van der Waals surface area contributed by atoms with Crippen molar-refractivity contribution in [2.75, 3.05) is 6.54 Å². The molecule has 0 bridgehead atoms. The van der Waals surface area contributed by atoms with E-state index in [1.807, 2.05) is 20.8 Å². The largest absolute Gasteiger partial charge is 0.352 e. The lowest BCUT2D eigenvalue weighted by Gasteiger charge is -2.34. The molecule has 2 aliphatic rings. The maximum Gasteiger partial charge on any atom is 0.325 e. The monoisotopic (exact) mass is 323 g/mol. The van der Waals surface area contributed by atoms with Crippen molar-refractivity contribution in [2.45, 2.75) is 71.4 Å². The fourth-order valence-corrected chi connectivity index (χ4v) is 3.35. The van der Waals surface area contributed by atoms with E-state index in [0.717, 1.165) is 24.2 Å². The highest BCUT2D eigenvalue weighted by molar-refractivity contribution is 6.09. The van der Waals surface area contributed by atoms with Crippen LogP contribution in [0.15, 0.2) is 0 Å². The number of amides is 4. The number of nitrogens with zero attached hydrogens (tertiary/aromatic N) is 1. The van der Waals surface area contributed by atoms with Crippen molar-refractivity contribution in [3.63, 3.8) is 0 Å². The molecule has 0 aromatic rings. The van der Waals surface area contributed by atoms with Crippen molar-refractivity contribution in [1.29, 1.82) is 0 Å². The normalized spacial score (nSPS) is 29.1. The van der Waals surface area contributed by atoms with Crippen LogP contribution in [0.1, 0.15) is 59.8 Å². The van der Waals surface area contributed by atoms with Crippen LogP contribution in [0.4, 0.5) is 4.79 Å². The zero-order valence-electron chi connectivity index (χ0n) is 14.6. The summed E-state index contributed by atoms with van der Waals surface area (Å²) in [6, 6.07) is -0.422. The Morgan fingerprint density at radius 1 is 1.30 bits per heavy atom. The number of imide groups is 1. The highest BCUT2D eigenvalue weighted by Gasteiger charge is 2.52. The van der Waals surface area contributed by atoms with Crippen LogP contribution >= 0.6 is 0 Å². The summed E-state index contributed by atoms with van der Waals surface area (Å²) in [4.78, 5) is 38.1. The Hall–Kier alpha value is -1.59. The Morgan fingerprint density at radius 3 is 2.43 bits per heavy atom. The first kappa shape index (κ1) is 17.8. The van der Waals surface area contributed by atoms with Gasteiger partial charge in [-0.15, -0.1) is 0 Å². The third-order valence-electron chi connectivity index (χ3n) is 5.47.